The van der Waals surface area contributed by atoms with Crippen LogP contribution in [0.3, 0.4) is 0 Å². The van der Waals surface area contributed by atoms with E-state index >= 15 is 0 Å². The van der Waals surface area contributed by atoms with Crippen LogP contribution in [-0.2, 0) is 0 Å². The number of carbonyl (C=O) groups excluding carboxylic acids is 1. The fourth-order valence-corrected chi connectivity index (χ4v) is 2.33. The van der Waals surface area contributed by atoms with Gasteiger partial charge >= 0.3 is 6.03 Å². The van der Waals surface area contributed by atoms with Gasteiger partial charge in [0.15, 0.2) is 0 Å². The fraction of sp³-hybridized carbons (Fsp3) is 0.316. The zero-order valence-corrected chi connectivity index (χ0v) is 13.8. The van der Waals surface area contributed by atoms with Gasteiger partial charge in [-0.3, -0.25) is 0 Å². The van der Waals surface area contributed by atoms with E-state index in [-0.39, 0.29) is 12.1 Å². The maximum atomic E-state index is 11.8. The highest BCUT2D eigenvalue weighted by molar-refractivity contribution is 5.74. The number of ether oxygens (including phenoxy) is 1. The number of amides is 2. The lowest BCUT2D eigenvalue weighted by Gasteiger charge is -2.18. The Bertz CT molecular complexity index is 605. The third-order valence-electron chi connectivity index (χ3n) is 3.54. The van der Waals surface area contributed by atoms with E-state index in [2.05, 4.69) is 10.6 Å². The van der Waals surface area contributed by atoms with E-state index in [1.807, 2.05) is 67.6 Å². The molecule has 3 N–H and O–H groups in total. The SMILES string of the molecule is CC(CC(O)c1ccccc1)NC(=O)NCCOc1ccccc1. The van der Waals surface area contributed by atoms with Crippen LogP contribution >= 0.6 is 0 Å². The van der Waals surface area contributed by atoms with Crippen molar-refractivity contribution in [1.29, 1.82) is 0 Å². The zero-order chi connectivity index (χ0) is 17.2. The fourth-order valence-electron chi connectivity index (χ4n) is 2.33. The predicted molar refractivity (Wildman–Crippen MR) is 94.0 cm³/mol. The van der Waals surface area contributed by atoms with Gasteiger partial charge < -0.3 is 20.5 Å². The average molecular weight is 328 g/mol. The molecule has 0 aliphatic carbocycles. The van der Waals surface area contributed by atoms with E-state index in [9.17, 15) is 9.90 Å². The molecule has 0 fully saturated rings. The molecule has 0 bridgehead atoms. The molecular weight excluding hydrogens is 304 g/mol. The van der Waals surface area contributed by atoms with Gasteiger partial charge in [0.1, 0.15) is 12.4 Å². The van der Waals surface area contributed by atoms with Crippen LogP contribution in [0.2, 0.25) is 0 Å². The van der Waals surface area contributed by atoms with E-state index in [1.165, 1.54) is 0 Å². The summed E-state index contributed by atoms with van der Waals surface area (Å²) in [6.45, 7) is 2.68. The summed E-state index contributed by atoms with van der Waals surface area (Å²) in [6, 6.07) is 18.5. The highest BCUT2D eigenvalue weighted by Gasteiger charge is 2.13. The number of carbonyl (C=O) groups is 1. The van der Waals surface area contributed by atoms with Crippen LogP contribution in [0.5, 0.6) is 5.75 Å². The Kier molecular flexibility index (Phi) is 7.11. The molecule has 5 nitrogen and oxygen atoms in total. The molecule has 0 aliphatic heterocycles. The van der Waals surface area contributed by atoms with E-state index in [0.717, 1.165) is 11.3 Å². The first-order chi connectivity index (χ1) is 11.6. The lowest BCUT2D eigenvalue weighted by atomic mass is 10.0. The van der Waals surface area contributed by atoms with Crippen molar-refractivity contribution in [2.24, 2.45) is 0 Å². The molecule has 2 rings (SSSR count). The van der Waals surface area contributed by atoms with Crippen molar-refractivity contribution < 1.29 is 14.6 Å². The number of aliphatic hydroxyl groups is 1. The second kappa shape index (κ2) is 9.57. The second-order valence-corrected chi connectivity index (χ2v) is 5.62. The topological polar surface area (TPSA) is 70.6 Å². The van der Waals surface area contributed by atoms with Gasteiger partial charge in [-0.25, -0.2) is 4.79 Å². The van der Waals surface area contributed by atoms with Gasteiger partial charge in [0.2, 0.25) is 0 Å². The number of benzene rings is 2. The molecule has 0 saturated carbocycles. The van der Waals surface area contributed by atoms with Crippen molar-refractivity contribution in [2.45, 2.75) is 25.5 Å². The summed E-state index contributed by atoms with van der Waals surface area (Å²) in [5.74, 6) is 0.777. The number of rotatable bonds is 8. The summed E-state index contributed by atoms with van der Waals surface area (Å²) in [7, 11) is 0. The molecular formula is C19H24N2O3. The molecule has 0 heterocycles. The number of hydrogen-bond donors (Lipinski definition) is 3. The van der Waals surface area contributed by atoms with E-state index < -0.39 is 6.10 Å². The lowest BCUT2D eigenvalue weighted by molar-refractivity contribution is 0.154. The Hall–Kier alpha value is -2.53. The Labute approximate surface area is 142 Å². The van der Waals surface area contributed by atoms with Crippen molar-refractivity contribution in [1.82, 2.24) is 10.6 Å². The number of hydrogen-bond acceptors (Lipinski definition) is 3. The molecule has 2 unspecified atom stereocenters. The molecule has 0 aliphatic rings. The number of nitrogens with one attached hydrogen (secondary N) is 2. The Balaban J connectivity index is 1.63. The first kappa shape index (κ1) is 17.8. The molecule has 0 radical (unpaired) electrons. The molecule has 128 valence electrons. The summed E-state index contributed by atoms with van der Waals surface area (Å²) in [5, 5.41) is 15.7. The average Bonchev–Trinajstić information content (AvgIpc) is 2.60. The minimum Gasteiger partial charge on any atom is -0.492 e. The third-order valence-corrected chi connectivity index (χ3v) is 3.54. The van der Waals surface area contributed by atoms with Crippen molar-refractivity contribution in [3.63, 3.8) is 0 Å². The molecule has 0 saturated heterocycles. The van der Waals surface area contributed by atoms with Crippen LogP contribution < -0.4 is 15.4 Å². The Morgan fingerprint density at radius 2 is 1.71 bits per heavy atom. The largest absolute Gasteiger partial charge is 0.492 e. The highest BCUT2D eigenvalue weighted by Crippen LogP contribution is 2.17. The van der Waals surface area contributed by atoms with Gasteiger partial charge in [0.25, 0.3) is 0 Å². The van der Waals surface area contributed by atoms with Crippen LogP contribution in [0.25, 0.3) is 0 Å². The monoisotopic (exact) mass is 328 g/mol. The summed E-state index contributed by atoms with van der Waals surface area (Å²) in [6.07, 6.45) is -0.138. The van der Waals surface area contributed by atoms with Gasteiger partial charge in [-0.1, -0.05) is 48.5 Å². The van der Waals surface area contributed by atoms with Crippen LogP contribution in [-0.4, -0.2) is 30.3 Å². The number of para-hydroxylation sites is 1. The standard InChI is InChI=1S/C19H24N2O3/c1-15(14-18(22)16-8-4-2-5-9-16)21-19(23)20-12-13-24-17-10-6-3-7-11-17/h2-11,15,18,22H,12-14H2,1H3,(H2,20,21,23). The van der Waals surface area contributed by atoms with Crippen LogP contribution in [0, 0.1) is 0 Å². The van der Waals surface area contributed by atoms with Crippen LogP contribution in [0.4, 0.5) is 4.79 Å². The summed E-state index contributed by atoms with van der Waals surface area (Å²) < 4.78 is 5.50. The quantitative estimate of drug-likeness (QED) is 0.653. The van der Waals surface area contributed by atoms with Crippen molar-refractivity contribution in [3.05, 3.63) is 66.2 Å². The molecule has 2 atom stereocenters. The lowest BCUT2D eigenvalue weighted by Crippen LogP contribution is -2.42. The van der Waals surface area contributed by atoms with Crippen LogP contribution in [0.1, 0.15) is 25.0 Å². The normalized spacial score (nSPS) is 12.9. The summed E-state index contributed by atoms with van der Waals surface area (Å²) in [4.78, 5) is 11.8. The first-order valence-corrected chi connectivity index (χ1v) is 8.10. The molecule has 5 heteroatoms. The zero-order valence-electron chi connectivity index (χ0n) is 13.8. The highest BCUT2D eigenvalue weighted by atomic mass is 16.5. The minimum atomic E-state index is -0.595. The minimum absolute atomic E-state index is 0.143. The molecule has 24 heavy (non-hydrogen) atoms. The van der Waals surface area contributed by atoms with Crippen LogP contribution in [0.15, 0.2) is 60.7 Å². The van der Waals surface area contributed by atoms with E-state index in [1.54, 1.807) is 0 Å². The number of urea groups is 1. The van der Waals surface area contributed by atoms with Gasteiger partial charge in [0, 0.05) is 6.04 Å². The van der Waals surface area contributed by atoms with Gasteiger partial charge in [-0.15, -0.1) is 0 Å². The van der Waals surface area contributed by atoms with Crippen molar-refractivity contribution in [2.75, 3.05) is 13.2 Å². The third kappa shape index (κ3) is 6.30. The van der Waals surface area contributed by atoms with Gasteiger partial charge in [0.05, 0.1) is 12.6 Å². The van der Waals surface area contributed by atoms with E-state index in [4.69, 9.17) is 4.74 Å². The molecule has 0 spiro atoms. The van der Waals surface area contributed by atoms with Crippen molar-refractivity contribution in [3.8, 4) is 5.75 Å². The van der Waals surface area contributed by atoms with Gasteiger partial charge in [-0.05, 0) is 31.0 Å². The Morgan fingerprint density at radius 3 is 2.38 bits per heavy atom. The molecule has 2 aromatic carbocycles. The predicted octanol–water partition coefficient (Wildman–Crippen LogP) is 2.88. The van der Waals surface area contributed by atoms with Crippen molar-refractivity contribution >= 4 is 6.03 Å². The van der Waals surface area contributed by atoms with E-state index in [0.29, 0.717) is 19.6 Å². The van der Waals surface area contributed by atoms with Gasteiger partial charge in [-0.2, -0.15) is 0 Å². The second-order valence-electron chi connectivity index (χ2n) is 5.62. The molecule has 2 aromatic rings. The maximum Gasteiger partial charge on any atom is 0.315 e. The molecule has 2 amide bonds. The number of aliphatic hydroxyl groups excluding tert-OH is 1. The molecule has 0 aromatic heterocycles. The maximum absolute atomic E-state index is 11.8. The Morgan fingerprint density at radius 1 is 1.08 bits per heavy atom. The smallest absolute Gasteiger partial charge is 0.315 e. The summed E-state index contributed by atoms with van der Waals surface area (Å²) >= 11 is 0. The first-order valence-electron chi connectivity index (χ1n) is 8.10. The summed E-state index contributed by atoms with van der Waals surface area (Å²) in [5.41, 5.74) is 0.850.